The Morgan fingerprint density at radius 1 is 1.44 bits per heavy atom. The Kier molecular flexibility index (Phi) is 3.61. The van der Waals surface area contributed by atoms with Crippen LogP contribution in [-0.2, 0) is 14.3 Å². The smallest absolute Gasteiger partial charge is 0.248 e. The number of carbonyl (C=O) groups is 2. The highest BCUT2D eigenvalue weighted by Crippen LogP contribution is 2.23. The third-order valence-corrected chi connectivity index (χ3v) is 3.78. The molecular formula is C13H22N2O3. The molecule has 0 aliphatic carbocycles. The van der Waals surface area contributed by atoms with Crippen LogP contribution in [0.25, 0.3) is 0 Å². The molecule has 1 N–H and O–H groups in total. The fourth-order valence-corrected chi connectivity index (χ4v) is 2.71. The van der Waals surface area contributed by atoms with Crippen molar-refractivity contribution >= 4 is 11.8 Å². The molecule has 0 spiro atoms. The molecule has 0 aromatic heterocycles. The van der Waals surface area contributed by atoms with E-state index in [2.05, 4.69) is 5.32 Å². The fraction of sp³-hybridized carbons (Fsp3) is 0.846. The first kappa shape index (κ1) is 13.3. The normalized spacial score (nSPS) is 31.6. The Morgan fingerprint density at radius 2 is 2.17 bits per heavy atom. The van der Waals surface area contributed by atoms with Crippen molar-refractivity contribution in [1.29, 1.82) is 0 Å². The molecule has 2 amide bonds. The van der Waals surface area contributed by atoms with Gasteiger partial charge in [0.25, 0.3) is 0 Å². The molecule has 0 aromatic carbocycles. The zero-order valence-corrected chi connectivity index (χ0v) is 11.4. The zero-order chi connectivity index (χ0) is 13.3. The van der Waals surface area contributed by atoms with Crippen molar-refractivity contribution in [3.05, 3.63) is 0 Å². The summed E-state index contributed by atoms with van der Waals surface area (Å²) in [7, 11) is 0. The molecule has 5 heteroatoms. The van der Waals surface area contributed by atoms with Gasteiger partial charge in [0, 0.05) is 19.1 Å². The third kappa shape index (κ3) is 2.36. The van der Waals surface area contributed by atoms with Crippen LogP contribution in [0, 0.1) is 5.92 Å². The number of nitrogens with one attached hydrogen (secondary N) is 1. The average Bonchev–Trinajstić information content (AvgIpc) is 2.78. The van der Waals surface area contributed by atoms with Gasteiger partial charge in [0.2, 0.25) is 11.8 Å². The molecule has 2 heterocycles. The summed E-state index contributed by atoms with van der Waals surface area (Å²) in [6, 6.07) is -0.328. The molecule has 2 saturated heterocycles. The van der Waals surface area contributed by atoms with Crippen LogP contribution >= 0.6 is 0 Å². The van der Waals surface area contributed by atoms with Crippen LogP contribution in [0.3, 0.4) is 0 Å². The molecule has 2 rings (SSSR count). The molecule has 0 saturated carbocycles. The molecule has 0 aromatic rings. The van der Waals surface area contributed by atoms with Gasteiger partial charge < -0.3 is 15.0 Å². The van der Waals surface area contributed by atoms with Crippen molar-refractivity contribution < 1.29 is 14.3 Å². The highest BCUT2D eigenvalue weighted by Gasteiger charge is 2.45. The lowest BCUT2D eigenvalue weighted by molar-refractivity contribution is -0.154. The first-order valence-electron chi connectivity index (χ1n) is 6.66. The molecule has 0 radical (unpaired) electrons. The lowest BCUT2D eigenvalue weighted by Crippen LogP contribution is -2.68. The van der Waals surface area contributed by atoms with Gasteiger partial charge in [-0.1, -0.05) is 6.92 Å². The van der Waals surface area contributed by atoms with E-state index in [4.69, 9.17) is 4.74 Å². The van der Waals surface area contributed by atoms with Crippen LogP contribution in [-0.4, -0.2) is 48.1 Å². The van der Waals surface area contributed by atoms with E-state index in [1.54, 1.807) is 18.7 Å². The van der Waals surface area contributed by atoms with E-state index >= 15 is 0 Å². The van der Waals surface area contributed by atoms with E-state index in [0.29, 0.717) is 25.5 Å². The number of hydrogen-bond donors (Lipinski definition) is 1. The second-order valence-electron chi connectivity index (χ2n) is 5.73. The summed E-state index contributed by atoms with van der Waals surface area (Å²) >= 11 is 0. The van der Waals surface area contributed by atoms with Crippen LogP contribution in [0.1, 0.15) is 33.6 Å². The molecule has 2 aliphatic heterocycles. The Labute approximate surface area is 108 Å². The highest BCUT2D eigenvalue weighted by molar-refractivity contribution is 5.99. The van der Waals surface area contributed by atoms with Crippen molar-refractivity contribution in [2.24, 2.45) is 5.92 Å². The topological polar surface area (TPSA) is 58.6 Å². The van der Waals surface area contributed by atoms with Crippen molar-refractivity contribution in [3.8, 4) is 0 Å². The van der Waals surface area contributed by atoms with Crippen LogP contribution in [0.2, 0.25) is 0 Å². The number of hydrogen-bond acceptors (Lipinski definition) is 3. The summed E-state index contributed by atoms with van der Waals surface area (Å²) in [5.74, 6) is 0.339. The second-order valence-corrected chi connectivity index (χ2v) is 5.73. The summed E-state index contributed by atoms with van der Waals surface area (Å²) in [5, 5.41) is 2.80. The maximum absolute atomic E-state index is 12.4. The molecule has 0 bridgehead atoms. The second kappa shape index (κ2) is 4.88. The molecule has 2 unspecified atom stereocenters. The van der Waals surface area contributed by atoms with Crippen LogP contribution in [0.15, 0.2) is 0 Å². The summed E-state index contributed by atoms with van der Waals surface area (Å²) < 4.78 is 5.34. The Morgan fingerprint density at radius 3 is 2.72 bits per heavy atom. The van der Waals surface area contributed by atoms with Gasteiger partial charge in [0.1, 0.15) is 11.6 Å². The molecule has 2 atom stereocenters. The summed E-state index contributed by atoms with van der Waals surface area (Å²) in [5.41, 5.74) is -0.789. The number of nitrogens with zero attached hydrogens (tertiary/aromatic N) is 1. The van der Waals surface area contributed by atoms with Crippen LogP contribution < -0.4 is 5.32 Å². The first-order valence-corrected chi connectivity index (χ1v) is 6.66. The third-order valence-electron chi connectivity index (χ3n) is 3.78. The molecule has 102 valence electrons. The lowest BCUT2D eigenvalue weighted by atomic mass is 9.94. The largest absolute Gasteiger partial charge is 0.381 e. The number of piperazine rings is 1. The maximum atomic E-state index is 12.4. The minimum atomic E-state index is -0.789. The van der Waals surface area contributed by atoms with E-state index in [-0.39, 0.29) is 17.9 Å². The Balaban J connectivity index is 2.15. The fourth-order valence-electron chi connectivity index (χ4n) is 2.71. The number of ether oxygens (including phenoxy) is 1. The van der Waals surface area contributed by atoms with Gasteiger partial charge in [-0.2, -0.15) is 0 Å². The van der Waals surface area contributed by atoms with Gasteiger partial charge >= 0.3 is 0 Å². The standard InChI is InChI=1S/C13H22N2O3/c1-4-10-11(16)14-13(2,3)12(17)15(10)7-9-5-6-18-8-9/h9-10H,4-8H2,1-3H3,(H,14,16). The van der Waals surface area contributed by atoms with Crippen molar-refractivity contribution in [1.82, 2.24) is 10.2 Å². The highest BCUT2D eigenvalue weighted by atomic mass is 16.5. The number of rotatable bonds is 3. The molecular weight excluding hydrogens is 232 g/mol. The van der Waals surface area contributed by atoms with Gasteiger partial charge in [-0.25, -0.2) is 0 Å². The quantitative estimate of drug-likeness (QED) is 0.799. The van der Waals surface area contributed by atoms with Gasteiger partial charge in [0.05, 0.1) is 6.61 Å². The van der Waals surface area contributed by atoms with Gasteiger partial charge in [-0.3, -0.25) is 9.59 Å². The average molecular weight is 254 g/mol. The van der Waals surface area contributed by atoms with Crippen molar-refractivity contribution in [2.45, 2.75) is 45.2 Å². The zero-order valence-electron chi connectivity index (χ0n) is 11.4. The predicted molar refractivity (Wildman–Crippen MR) is 66.9 cm³/mol. The minimum absolute atomic E-state index is 0.0147. The van der Waals surface area contributed by atoms with Gasteiger partial charge in [-0.15, -0.1) is 0 Å². The van der Waals surface area contributed by atoms with Crippen LogP contribution in [0.4, 0.5) is 0 Å². The molecule has 2 aliphatic rings. The first-order chi connectivity index (χ1) is 8.45. The van der Waals surface area contributed by atoms with Crippen molar-refractivity contribution in [2.75, 3.05) is 19.8 Å². The minimum Gasteiger partial charge on any atom is -0.381 e. The monoisotopic (exact) mass is 254 g/mol. The number of carbonyl (C=O) groups excluding carboxylic acids is 2. The predicted octanol–water partition coefficient (Wildman–Crippen LogP) is 0.539. The van der Waals surface area contributed by atoms with E-state index in [1.165, 1.54) is 0 Å². The van der Waals surface area contributed by atoms with E-state index < -0.39 is 5.54 Å². The summed E-state index contributed by atoms with van der Waals surface area (Å²) in [6.07, 6.45) is 1.63. The SMILES string of the molecule is CCC1C(=O)NC(C)(C)C(=O)N1CC1CCOC1. The Hall–Kier alpha value is -1.10. The number of amides is 2. The molecule has 2 fully saturated rings. The summed E-state index contributed by atoms with van der Waals surface area (Å²) in [4.78, 5) is 26.2. The van der Waals surface area contributed by atoms with E-state index in [0.717, 1.165) is 13.0 Å². The van der Waals surface area contributed by atoms with Gasteiger partial charge in [0.15, 0.2) is 0 Å². The van der Waals surface area contributed by atoms with E-state index in [9.17, 15) is 9.59 Å². The van der Waals surface area contributed by atoms with Crippen LogP contribution in [0.5, 0.6) is 0 Å². The summed E-state index contributed by atoms with van der Waals surface area (Å²) in [6.45, 7) is 7.55. The molecule has 18 heavy (non-hydrogen) atoms. The molecule has 5 nitrogen and oxygen atoms in total. The Bertz CT molecular complexity index is 348. The van der Waals surface area contributed by atoms with Crippen molar-refractivity contribution in [3.63, 3.8) is 0 Å². The van der Waals surface area contributed by atoms with E-state index in [1.807, 2.05) is 6.92 Å². The van der Waals surface area contributed by atoms with Gasteiger partial charge in [-0.05, 0) is 26.7 Å². The maximum Gasteiger partial charge on any atom is 0.248 e. The lowest BCUT2D eigenvalue weighted by Gasteiger charge is -2.43.